The van der Waals surface area contributed by atoms with Crippen molar-refractivity contribution in [1.29, 1.82) is 0 Å². The van der Waals surface area contributed by atoms with E-state index in [4.69, 9.17) is 14.2 Å². The standard InChI is InChI=1S/C24H30N2O6S/c1-24(2,3)32-23(27)26-12-10-17(11-13-26)18-14-22(30-4)21(25-15-18)16-31-19-6-8-20(9-7-19)33(5,28)29/h6-10,14-15H,11-13,16H2,1-5H3. The summed E-state index contributed by atoms with van der Waals surface area (Å²) in [6.45, 7) is 6.77. The Morgan fingerprint density at radius 3 is 2.42 bits per heavy atom. The first-order chi connectivity index (χ1) is 15.5. The minimum Gasteiger partial charge on any atom is -0.495 e. The summed E-state index contributed by atoms with van der Waals surface area (Å²) in [5.41, 5.74) is 2.12. The number of carbonyl (C=O) groups is 1. The van der Waals surface area contributed by atoms with Gasteiger partial charge in [0, 0.05) is 25.5 Å². The van der Waals surface area contributed by atoms with Crippen LogP contribution < -0.4 is 9.47 Å². The van der Waals surface area contributed by atoms with E-state index in [1.54, 1.807) is 30.3 Å². The second-order valence-electron chi connectivity index (χ2n) is 8.81. The van der Waals surface area contributed by atoms with Crippen molar-refractivity contribution in [2.24, 2.45) is 0 Å². The Bertz CT molecular complexity index is 1130. The molecule has 178 valence electrons. The van der Waals surface area contributed by atoms with Gasteiger partial charge in [0.2, 0.25) is 0 Å². The smallest absolute Gasteiger partial charge is 0.410 e. The third kappa shape index (κ3) is 6.71. The van der Waals surface area contributed by atoms with E-state index in [1.807, 2.05) is 32.9 Å². The molecule has 9 heteroatoms. The van der Waals surface area contributed by atoms with Gasteiger partial charge in [0.05, 0.1) is 12.0 Å². The van der Waals surface area contributed by atoms with Gasteiger partial charge >= 0.3 is 6.09 Å². The fourth-order valence-electron chi connectivity index (χ4n) is 3.29. The molecule has 2 aromatic rings. The van der Waals surface area contributed by atoms with Crippen molar-refractivity contribution in [2.75, 3.05) is 26.5 Å². The number of aromatic nitrogens is 1. The van der Waals surface area contributed by atoms with Crippen molar-refractivity contribution in [3.05, 3.63) is 53.9 Å². The highest BCUT2D eigenvalue weighted by atomic mass is 32.2. The Hall–Kier alpha value is -3.07. The van der Waals surface area contributed by atoms with Crippen LogP contribution in [0.1, 0.15) is 38.4 Å². The van der Waals surface area contributed by atoms with Gasteiger partial charge in [0.15, 0.2) is 9.84 Å². The molecule has 0 radical (unpaired) electrons. The third-order valence-corrected chi connectivity index (χ3v) is 6.14. The molecule has 1 aromatic carbocycles. The van der Waals surface area contributed by atoms with Crippen LogP contribution in [-0.2, 0) is 21.2 Å². The Morgan fingerprint density at radius 1 is 1.18 bits per heavy atom. The topological polar surface area (TPSA) is 95.0 Å². The van der Waals surface area contributed by atoms with E-state index in [0.29, 0.717) is 36.7 Å². The van der Waals surface area contributed by atoms with Crippen molar-refractivity contribution < 1.29 is 27.4 Å². The number of amides is 1. The number of nitrogens with zero attached hydrogens (tertiary/aromatic N) is 2. The molecule has 33 heavy (non-hydrogen) atoms. The fourth-order valence-corrected chi connectivity index (χ4v) is 3.92. The van der Waals surface area contributed by atoms with Gasteiger partial charge in [-0.1, -0.05) is 6.08 Å². The van der Waals surface area contributed by atoms with Crippen molar-refractivity contribution in [2.45, 2.75) is 44.3 Å². The molecule has 0 saturated carbocycles. The van der Waals surface area contributed by atoms with Crippen LogP contribution in [0.2, 0.25) is 0 Å². The molecule has 1 aliphatic heterocycles. The highest BCUT2D eigenvalue weighted by Gasteiger charge is 2.24. The van der Waals surface area contributed by atoms with Crippen molar-refractivity contribution in [3.8, 4) is 11.5 Å². The lowest BCUT2D eigenvalue weighted by molar-refractivity contribution is 0.0270. The lowest BCUT2D eigenvalue weighted by atomic mass is 10.0. The molecule has 0 aliphatic carbocycles. The van der Waals surface area contributed by atoms with Gasteiger partial charge in [-0.05, 0) is 68.7 Å². The number of sulfone groups is 1. The molecule has 0 saturated heterocycles. The number of ether oxygens (including phenoxy) is 3. The van der Waals surface area contributed by atoms with E-state index >= 15 is 0 Å². The molecule has 0 atom stereocenters. The van der Waals surface area contributed by atoms with Gasteiger partial charge in [-0.15, -0.1) is 0 Å². The number of methoxy groups -OCH3 is 1. The first-order valence-corrected chi connectivity index (χ1v) is 12.5. The zero-order valence-corrected chi connectivity index (χ0v) is 20.4. The fraction of sp³-hybridized carbons (Fsp3) is 0.417. The molecule has 1 amide bonds. The van der Waals surface area contributed by atoms with Crippen molar-refractivity contribution >= 4 is 21.5 Å². The maximum Gasteiger partial charge on any atom is 0.410 e. The second kappa shape index (κ2) is 9.82. The van der Waals surface area contributed by atoms with Gasteiger partial charge in [0.1, 0.15) is 29.4 Å². The van der Waals surface area contributed by atoms with Crippen LogP contribution in [0.5, 0.6) is 11.5 Å². The van der Waals surface area contributed by atoms with Crippen LogP contribution in [-0.4, -0.2) is 56.5 Å². The van der Waals surface area contributed by atoms with Gasteiger partial charge in [-0.3, -0.25) is 4.98 Å². The van der Waals surface area contributed by atoms with Gasteiger partial charge < -0.3 is 19.1 Å². The zero-order valence-electron chi connectivity index (χ0n) is 19.6. The first kappa shape index (κ1) is 24.6. The van der Waals surface area contributed by atoms with Crippen LogP contribution in [0.4, 0.5) is 4.79 Å². The highest BCUT2D eigenvalue weighted by Crippen LogP contribution is 2.28. The summed E-state index contributed by atoms with van der Waals surface area (Å²) in [4.78, 5) is 18.7. The van der Waals surface area contributed by atoms with E-state index < -0.39 is 15.4 Å². The van der Waals surface area contributed by atoms with Crippen LogP contribution in [0.3, 0.4) is 0 Å². The minimum absolute atomic E-state index is 0.174. The Kier molecular flexibility index (Phi) is 7.31. The Balaban J connectivity index is 1.66. The quantitative estimate of drug-likeness (QED) is 0.622. The lowest BCUT2D eigenvalue weighted by Gasteiger charge is -2.29. The summed E-state index contributed by atoms with van der Waals surface area (Å²) >= 11 is 0. The van der Waals surface area contributed by atoms with E-state index in [2.05, 4.69) is 4.98 Å². The van der Waals surface area contributed by atoms with Crippen molar-refractivity contribution in [3.63, 3.8) is 0 Å². The molecule has 0 N–H and O–H groups in total. The van der Waals surface area contributed by atoms with E-state index in [-0.39, 0.29) is 17.6 Å². The number of hydrogen-bond donors (Lipinski definition) is 0. The van der Waals surface area contributed by atoms with E-state index in [1.165, 1.54) is 12.1 Å². The van der Waals surface area contributed by atoms with Gasteiger partial charge in [-0.25, -0.2) is 13.2 Å². The summed E-state index contributed by atoms with van der Waals surface area (Å²) < 4.78 is 39.9. The Labute approximate surface area is 195 Å². The predicted molar refractivity (Wildman–Crippen MR) is 125 cm³/mol. The molecule has 0 spiro atoms. The highest BCUT2D eigenvalue weighted by molar-refractivity contribution is 7.90. The van der Waals surface area contributed by atoms with E-state index in [9.17, 15) is 13.2 Å². The second-order valence-corrected chi connectivity index (χ2v) is 10.8. The number of hydrogen-bond acceptors (Lipinski definition) is 7. The molecule has 0 unspecified atom stereocenters. The van der Waals surface area contributed by atoms with Gasteiger partial charge in [0.25, 0.3) is 0 Å². The number of rotatable bonds is 6. The monoisotopic (exact) mass is 474 g/mol. The molecule has 1 aliphatic rings. The average Bonchev–Trinajstić information content (AvgIpc) is 2.76. The maximum absolute atomic E-state index is 12.3. The number of carbonyl (C=O) groups excluding carboxylic acids is 1. The number of pyridine rings is 1. The normalized spacial score (nSPS) is 14.5. The van der Waals surface area contributed by atoms with Crippen LogP contribution in [0.15, 0.2) is 47.5 Å². The summed E-state index contributed by atoms with van der Waals surface area (Å²) in [5, 5.41) is 0. The largest absolute Gasteiger partial charge is 0.495 e. The molecular weight excluding hydrogens is 444 g/mol. The minimum atomic E-state index is -3.25. The molecule has 0 bridgehead atoms. The zero-order chi connectivity index (χ0) is 24.2. The van der Waals surface area contributed by atoms with Crippen LogP contribution in [0, 0.1) is 0 Å². The summed E-state index contributed by atoms with van der Waals surface area (Å²) in [7, 11) is -1.68. The average molecular weight is 475 g/mol. The maximum atomic E-state index is 12.3. The molecule has 1 aromatic heterocycles. The first-order valence-electron chi connectivity index (χ1n) is 10.6. The summed E-state index contributed by atoms with van der Waals surface area (Å²) in [5.74, 6) is 1.13. The molecule has 8 nitrogen and oxygen atoms in total. The third-order valence-electron chi connectivity index (χ3n) is 5.01. The van der Waals surface area contributed by atoms with Gasteiger partial charge in [-0.2, -0.15) is 0 Å². The summed E-state index contributed by atoms with van der Waals surface area (Å²) in [6.07, 6.45) is 5.31. The van der Waals surface area contributed by atoms with Crippen LogP contribution in [0.25, 0.3) is 5.57 Å². The Morgan fingerprint density at radius 2 is 1.88 bits per heavy atom. The molecular formula is C24H30N2O6S. The van der Waals surface area contributed by atoms with E-state index in [0.717, 1.165) is 17.4 Å². The predicted octanol–water partition coefficient (Wildman–Crippen LogP) is 4.10. The van der Waals surface area contributed by atoms with Crippen LogP contribution >= 0.6 is 0 Å². The molecule has 3 rings (SSSR count). The molecule has 2 heterocycles. The van der Waals surface area contributed by atoms with Crippen molar-refractivity contribution in [1.82, 2.24) is 9.88 Å². The lowest BCUT2D eigenvalue weighted by Crippen LogP contribution is -2.39. The number of benzene rings is 1. The molecule has 0 fully saturated rings. The SMILES string of the molecule is COc1cc(C2=CCN(C(=O)OC(C)(C)C)CC2)cnc1COc1ccc(S(C)(=O)=O)cc1. The summed E-state index contributed by atoms with van der Waals surface area (Å²) in [6, 6.07) is 8.15.